The number of urea groups is 1. The van der Waals surface area contributed by atoms with Crippen molar-refractivity contribution in [2.45, 2.75) is 45.6 Å². The van der Waals surface area contributed by atoms with Gasteiger partial charge in [0.15, 0.2) is 0 Å². The summed E-state index contributed by atoms with van der Waals surface area (Å²) in [5.41, 5.74) is 1.49. The van der Waals surface area contributed by atoms with E-state index in [4.69, 9.17) is 0 Å². The second kappa shape index (κ2) is 7.04. The maximum absolute atomic E-state index is 12.8. The Morgan fingerprint density at radius 1 is 1.14 bits per heavy atom. The summed E-state index contributed by atoms with van der Waals surface area (Å²) in [5.74, 6) is -0.784. The number of hydrogen-bond donors (Lipinski definition) is 1. The van der Waals surface area contributed by atoms with E-state index in [0.29, 0.717) is 17.5 Å². The highest BCUT2D eigenvalue weighted by molar-refractivity contribution is 6.45. The van der Waals surface area contributed by atoms with E-state index < -0.39 is 30.3 Å². The van der Waals surface area contributed by atoms with Crippen LogP contribution in [0.25, 0.3) is 0 Å². The highest BCUT2D eigenvalue weighted by Crippen LogP contribution is 2.50. The molecule has 2 aliphatic carbocycles. The number of rotatable bonds is 5. The molecule has 1 aliphatic heterocycles. The number of carbonyl (C=O) groups excluding carboxylic acids is 4. The van der Waals surface area contributed by atoms with Gasteiger partial charge in [-0.25, -0.2) is 9.69 Å². The number of nitrogens with one attached hydrogen (secondary N) is 1. The van der Waals surface area contributed by atoms with Crippen molar-refractivity contribution in [3.8, 4) is 0 Å². The van der Waals surface area contributed by atoms with Gasteiger partial charge in [0.2, 0.25) is 5.91 Å². The predicted octanol–water partition coefficient (Wildman–Crippen LogP) is 2.55. The summed E-state index contributed by atoms with van der Waals surface area (Å²) in [4.78, 5) is 51.9. The molecule has 0 spiro atoms. The van der Waals surface area contributed by atoms with Crippen molar-refractivity contribution < 1.29 is 19.2 Å². The SMILES string of the molecule is Cc1ccccc1NC(=O)CN1C(=O)C(=O)N([C@@H](C)[C@@H]2C[C@H]3CC[C@H]2C3)C1=O. The van der Waals surface area contributed by atoms with Crippen LogP contribution in [-0.2, 0) is 14.4 Å². The maximum Gasteiger partial charge on any atom is 0.334 e. The van der Waals surface area contributed by atoms with E-state index in [0.717, 1.165) is 34.6 Å². The Morgan fingerprint density at radius 2 is 1.89 bits per heavy atom. The minimum Gasteiger partial charge on any atom is -0.324 e. The Hall–Kier alpha value is -2.70. The van der Waals surface area contributed by atoms with Gasteiger partial charge >= 0.3 is 17.8 Å². The lowest BCUT2D eigenvalue weighted by Crippen LogP contribution is -2.45. The van der Waals surface area contributed by atoms with E-state index in [2.05, 4.69) is 5.32 Å². The van der Waals surface area contributed by atoms with Crippen LogP contribution < -0.4 is 5.32 Å². The molecule has 3 aliphatic rings. The van der Waals surface area contributed by atoms with Gasteiger partial charge in [-0.15, -0.1) is 0 Å². The van der Waals surface area contributed by atoms with Gasteiger partial charge in [-0.3, -0.25) is 19.3 Å². The lowest BCUT2D eigenvalue weighted by Gasteiger charge is -2.32. The Kier molecular flexibility index (Phi) is 4.69. The smallest absolute Gasteiger partial charge is 0.324 e. The van der Waals surface area contributed by atoms with Gasteiger partial charge in [0, 0.05) is 11.7 Å². The van der Waals surface area contributed by atoms with Gasteiger partial charge in [0.25, 0.3) is 0 Å². The molecule has 1 N–H and O–H groups in total. The quantitative estimate of drug-likeness (QED) is 0.625. The molecular formula is C21H25N3O4. The molecule has 2 bridgehead atoms. The first-order valence-electron chi connectivity index (χ1n) is 9.91. The molecule has 1 saturated heterocycles. The fourth-order valence-electron chi connectivity index (χ4n) is 5.14. The van der Waals surface area contributed by atoms with E-state index in [-0.39, 0.29) is 12.0 Å². The summed E-state index contributed by atoms with van der Waals surface area (Å²) >= 11 is 0. The van der Waals surface area contributed by atoms with E-state index >= 15 is 0 Å². The van der Waals surface area contributed by atoms with Crippen LogP contribution in [0.15, 0.2) is 24.3 Å². The molecule has 7 heteroatoms. The number of aryl methyl sites for hydroxylation is 1. The largest absolute Gasteiger partial charge is 0.334 e. The second-order valence-electron chi connectivity index (χ2n) is 8.29. The van der Waals surface area contributed by atoms with E-state index in [9.17, 15) is 19.2 Å². The molecule has 4 rings (SSSR count). The first-order chi connectivity index (χ1) is 13.4. The van der Waals surface area contributed by atoms with Crippen LogP contribution in [0.1, 0.15) is 38.2 Å². The third-order valence-electron chi connectivity index (χ3n) is 6.62. The lowest BCUT2D eigenvalue weighted by molar-refractivity contribution is -0.144. The van der Waals surface area contributed by atoms with Crippen molar-refractivity contribution in [2.24, 2.45) is 17.8 Å². The number of hydrogen-bond acceptors (Lipinski definition) is 4. The van der Waals surface area contributed by atoms with E-state index in [1.54, 1.807) is 12.1 Å². The lowest BCUT2D eigenvalue weighted by atomic mass is 9.83. The summed E-state index contributed by atoms with van der Waals surface area (Å²) < 4.78 is 0. The number of amides is 5. The van der Waals surface area contributed by atoms with Crippen LogP contribution in [0, 0.1) is 24.7 Å². The minimum atomic E-state index is -0.917. The molecule has 28 heavy (non-hydrogen) atoms. The molecule has 0 radical (unpaired) electrons. The molecule has 5 amide bonds. The van der Waals surface area contributed by atoms with Crippen molar-refractivity contribution >= 4 is 29.4 Å². The topological polar surface area (TPSA) is 86.8 Å². The Balaban J connectivity index is 1.44. The highest BCUT2D eigenvalue weighted by Gasteiger charge is 2.52. The number of para-hydroxylation sites is 1. The van der Waals surface area contributed by atoms with Crippen molar-refractivity contribution in [3.05, 3.63) is 29.8 Å². The van der Waals surface area contributed by atoms with Gasteiger partial charge in [0.05, 0.1) is 0 Å². The fourth-order valence-corrected chi connectivity index (χ4v) is 5.14. The number of nitrogens with zero attached hydrogens (tertiary/aromatic N) is 2. The molecule has 1 aromatic rings. The van der Waals surface area contributed by atoms with Gasteiger partial charge in [-0.2, -0.15) is 0 Å². The molecule has 3 fully saturated rings. The molecule has 0 aromatic heterocycles. The van der Waals surface area contributed by atoms with Crippen molar-refractivity contribution in [1.82, 2.24) is 9.80 Å². The third-order valence-corrected chi connectivity index (χ3v) is 6.62. The molecular weight excluding hydrogens is 358 g/mol. The van der Waals surface area contributed by atoms with Crippen LogP contribution in [0.4, 0.5) is 10.5 Å². The van der Waals surface area contributed by atoms with Gasteiger partial charge in [0.1, 0.15) is 6.54 Å². The average molecular weight is 383 g/mol. The van der Waals surface area contributed by atoms with Crippen LogP contribution in [-0.4, -0.2) is 46.1 Å². The fraction of sp³-hybridized carbons (Fsp3) is 0.524. The zero-order valence-electron chi connectivity index (χ0n) is 16.2. The average Bonchev–Trinajstić information content (AvgIpc) is 3.35. The van der Waals surface area contributed by atoms with Crippen LogP contribution in [0.3, 0.4) is 0 Å². The molecule has 1 heterocycles. The van der Waals surface area contributed by atoms with Crippen LogP contribution >= 0.6 is 0 Å². The van der Waals surface area contributed by atoms with Crippen LogP contribution in [0.2, 0.25) is 0 Å². The van der Waals surface area contributed by atoms with Crippen molar-refractivity contribution in [3.63, 3.8) is 0 Å². The van der Waals surface area contributed by atoms with Gasteiger partial charge < -0.3 is 5.32 Å². The molecule has 0 unspecified atom stereocenters. The zero-order valence-corrected chi connectivity index (χ0v) is 16.2. The molecule has 4 atom stereocenters. The monoisotopic (exact) mass is 383 g/mol. The van der Waals surface area contributed by atoms with Gasteiger partial charge in [-0.1, -0.05) is 24.6 Å². The number of anilines is 1. The Labute approximate surface area is 164 Å². The first-order valence-corrected chi connectivity index (χ1v) is 9.91. The summed E-state index contributed by atoms with van der Waals surface area (Å²) in [6.45, 7) is 3.24. The van der Waals surface area contributed by atoms with E-state index in [1.165, 1.54) is 6.42 Å². The minimum absolute atomic E-state index is 0.250. The Bertz CT molecular complexity index is 852. The summed E-state index contributed by atoms with van der Waals surface area (Å²) in [7, 11) is 0. The number of benzene rings is 1. The summed E-state index contributed by atoms with van der Waals surface area (Å²) in [6.07, 6.45) is 4.51. The molecule has 7 nitrogen and oxygen atoms in total. The van der Waals surface area contributed by atoms with Crippen LogP contribution in [0.5, 0.6) is 0 Å². The standard InChI is InChI=1S/C21H25N3O4/c1-12-5-3-4-6-17(12)22-18(25)11-23-19(26)20(27)24(21(23)28)13(2)16-10-14-7-8-15(16)9-14/h3-6,13-16H,7-11H2,1-2H3,(H,22,25)/t13-,14-,15-,16-/m0/s1. The van der Waals surface area contributed by atoms with Gasteiger partial charge in [-0.05, 0) is 62.5 Å². The molecule has 148 valence electrons. The third kappa shape index (κ3) is 3.08. The van der Waals surface area contributed by atoms with E-state index in [1.807, 2.05) is 26.0 Å². The molecule has 2 saturated carbocycles. The predicted molar refractivity (Wildman–Crippen MR) is 102 cm³/mol. The summed E-state index contributed by atoms with van der Waals surface area (Å²) in [6, 6.07) is 6.25. The number of fused-ring (bicyclic) bond motifs is 2. The Morgan fingerprint density at radius 3 is 2.54 bits per heavy atom. The molecule has 1 aromatic carbocycles. The second-order valence-corrected chi connectivity index (χ2v) is 8.29. The normalized spacial score (nSPS) is 27.6. The number of carbonyl (C=O) groups is 4. The highest BCUT2D eigenvalue weighted by atomic mass is 16.2. The first kappa shape index (κ1) is 18.7. The maximum atomic E-state index is 12.8. The van der Waals surface area contributed by atoms with Crippen molar-refractivity contribution in [1.29, 1.82) is 0 Å². The zero-order chi connectivity index (χ0) is 20.0. The number of imide groups is 2. The van der Waals surface area contributed by atoms with Crippen molar-refractivity contribution in [2.75, 3.05) is 11.9 Å². The summed E-state index contributed by atoms with van der Waals surface area (Å²) in [5, 5.41) is 2.70.